The van der Waals surface area contributed by atoms with Crippen molar-refractivity contribution in [3.8, 4) is 5.75 Å². The number of piperazine rings is 1. The van der Waals surface area contributed by atoms with Crippen molar-refractivity contribution in [1.82, 2.24) is 9.80 Å². The molecule has 1 fully saturated rings. The molecule has 0 aromatic heterocycles. The number of nitrogens with one attached hydrogen (secondary N) is 1. The van der Waals surface area contributed by atoms with Crippen molar-refractivity contribution in [2.24, 2.45) is 0 Å². The highest BCUT2D eigenvalue weighted by Crippen LogP contribution is 2.21. The second kappa shape index (κ2) is 13.6. The average molecular weight is 549 g/mol. The summed E-state index contributed by atoms with van der Waals surface area (Å²) in [6.07, 6.45) is 0. The van der Waals surface area contributed by atoms with E-state index in [1.807, 2.05) is 17.0 Å². The predicted molar refractivity (Wildman–Crippen MR) is 150 cm³/mol. The van der Waals surface area contributed by atoms with E-state index >= 15 is 0 Å². The van der Waals surface area contributed by atoms with E-state index in [4.69, 9.17) is 9.47 Å². The van der Waals surface area contributed by atoms with Gasteiger partial charge in [0.25, 0.3) is 11.8 Å². The fraction of sp³-hybridized carbons (Fsp3) is 0.300. The van der Waals surface area contributed by atoms with Crippen molar-refractivity contribution < 1.29 is 28.2 Å². The molecule has 210 valence electrons. The first-order chi connectivity index (χ1) is 19.4. The number of methoxy groups -OCH3 is 2. The van der Waals surface area contributed by atoms with E-state index in [0.717, 1.165) is 11.8 Å². The Morgan fingerprint density at radius 1 is 0.900 bits per heavy atom. The quantitative estimate of drug-likeness (QED) is 0.417. The van der Waals surface area contributed by atoms with Gasteiger partial charge in [0.15, 0.2) is 0 Å². The van der Waals surface area contributed by atoms with Crippen molar-refractivity contribution in [2.45, 2.75) is 0 Å². The van der Waals surface area contributed by atoms with Crippen LogP contribution in [0, 0.1) is 5.82 Å². The molecule has 3 amide bonds. The monoisotopic (exact) mass is 548 g/mol. The van der Waals surface area contributed by atoms with Crippen LogP contribution in [0.4, 0.5) is 15.8 Å². The van der Waals surface area contributed by atoms with Crippen molar-refractivity contribution >= 4 is 29.1 Å². The smallest absolute Gasteiger partial charge is 0.254 e. The van der Waals surface area contributed by atoms with Gasteiger partial charge in [0, 0.05) is 62.3 Å². The number of ether oxygens (including phenoxy) is 2. The maximum Gasteiger partial charge on any atom is 0.254 e. The Morgan fingerprint density at radius 3 is 2.23 bits per heavy atom. The Hall–Kier alpha value is -4.44. The number of carbonyl (C=O) groups is 3. The molecule has 3 aromatic carbocycles. The molecular formula is C30H33FN4O5. The zero-order valence-corrected chi connectivity index (χ0v) is 22.6. The zero-order chi connectivity index (χ0) is 28.5. The molecule has 4 rings (SSSR count). The fourth-order valence-electron chi connectivity index (χ4n) is 4.47. The molecule has 0 saturated carbocycles. The third-order valence-electron chi connectivity index (χ3n) is 6.68. The molecule has 9 nitrogen and oxygen atoms in total. The number of nitrogens with zero attached hydrogens (tertiary/aromatic N) is 3. The second-order valence-corrected chi connectivity index (χ2v) is 9.33. The topological polar surface area (TPSA) is 91.4 Å². The van der Waals surface area contributed by atoms with E-state index in [-0.39, 0.29) is 37.1 Å². The van der Waals surface area contributed by atoms with Crippen LogP contribution in [0.25, 0.3) is 0 Å². The molecular weight excluding hydrogens is 515 g/mol. The Bertz CT molecular complexity index is 1310. The van der Waals surface area contributed by atoms with Crippen LogP contribution in [0.5, 0.6) is 5.75 Å². The molecule has 3 aromatic rings. The van der Waals surface area contributed by atoms with Gasteiger partial charge >= 0.3 is 0 Å². The first-order valence-electron chi connectivity index (χ1n) is 13.0. The van der Waals surface area contributed by atoms with E-state index in [9.17, 15) is 18.8 Å². The molecule has 0 aliphatic carbocycles. The summed E-state index contributed by atoms with van der Waals surface area (Å²) >= 11 is 0. The Morgan fingerprint density at radius 2 is 1.60 bits per heavy atom. The van der Waals surface area contributed by atoms with Gasteiger partial charge in [0.1, 0.15) is 18.1 Å². The van der Waals surface area contributed by atoms with Crippen molar-refractivity contribution in [1.29, 1.82) is 0 Å². The van der Waals surface area contributed by atoms with Crippen LogP contribution in [-0.2, 0) is 9.53 Å². The lowest BCUT2D eigenvalue weighted by molar-refractivity contribution is -0.117. The largest absolute Gasteiger partial charge is 0.497 e. The maximum atomic E-state index is 13.6. The van der Waals surface area contributed by atoms with Crippen LogP contribution in [0.3, 0.4) is 0 Å². The highest BCUT2D eigenvalue weighted by Gasteiger charge is 2.23. The minimum Gasteiger partial charge on any atom is -0.497 e. The minimum atomic E-state index is -0.521. The van der Waals surface area contributed by atoms with Crippen LogP contribution in [-0.4, -0.2) is 87.6 Å². The summed E-state index contributed by atoms with van der Waals surface area (Å²) in [5.41, 5.74) is 2.37. The molecule has 40 heavy (non-hydrogen) atoms. The normalized spacial score (nSPS) is 13.1. The van der Waals surface area contributed by atoms with Crippen LogP contribution in [0.1, 0.15) is 20.7 Å². The van der Waals surface area contributed by atoms with Crippen LogP contribution in [0.2, 0.25) is 0 Å². The standard InChI is InChI=1S/C30H33FN4O5/c1-39-19-18-35(30(38)23-4-3-5-24(31)20-23)21-28(36)32-25-8-10-26(11-9-25)33-14-16-34(17-15-33)29(37)22-6-12-27(40-2)13-7-22/h3-13,20H,14-19,21H2,1-2H3,(H,32,36). The van der Waals surface area contributed by atoms with Crippen molar-refractivity contribution in [3.05, 3.63) is 89.7 Å². The molecule has 10 heteroatoms. The molecule has 1 saturated heterocycles. The number of hydrogen-bond donors (Lipinski definition) is 1. The fourth-order valence-corrected chi connectivity index (χ4v) is 4.47. The predicted octanol–water partition coefficient (Wildman–Crippen LogP) is 3.52. The molecule has 0 radical (unpaired) electrons. The lowest BCUT2D eigenvalue weighted by atomic mass is 10.1. The molecule has 0 unspecified atom stereocenters. The van der Waals surface area contributed by atoms with E-state index in [2.05, 4.69) is 10.2 Å². The summed E-state index contributed by atoms with van der Waals surface area (Å²) < 4.78 is 23.8. The summed E-state index contributed by atoms with van der Waals surface area (Å²) in [6.45, 7) is 2.78. The molecule has 1 heterocycles. The summed E-state index contributed by atoms with van der Waals surface area (Å²) in [7, 11) is 3.10. The summed E-state index contributed by atoms with van der Waals surface area (Å²) in [4.78, 5) is 43.8. The van der Waals surface area contributed by atoms with Crippen LogP contribution >= 0.6 is 0 Å². The third-order valence-corrected chi connectivity index (χ3v) is 6.68. The van der Waals surface area contributed by atoms with Gasteiger partial charge in [-0.3, -0.25) is 14.4 Å². The highest BCUT2D eigenvalue weighted by atomic mass is 19.1. The first kappa shape index (κ1) is 28.6. The summed E-state index contributed by atoms with van der Waals surface area (Å²) in [5, 5.41) is 2.82. The number of halogens is 1. The van der Waals surface area contributed by atoms with Crippen molar-refractivity contribution in [2.75, 3.05) is 70.3 Å². The van der Waals surface area contributed by atoms with Gasteiger partial charge < -0.3 is 29.5 Å². The SMILES string of the molecule is COCCN(CC(=O)Nc1ccc(N2CCN(C(=O)c3ccc(OC)cc3)CC2)cc1)C(=O)c1cccc(F)c1. The molecule has 0 bridgehead atoms. The number of rotatable bonds is 10. The molecule has 1 N–H and O–H groups in total. The van der Waals surface area contributed by atoms with Crippen molar-refractivity contribution in [3.63, 3.8) is 0 Å². The van der Waals surface area contributed by atoms with Gasteiger partial charge in [-0.25, -0.2) is 4.39 Å². The van der Waals surface area contributed by atoms with Gasteiger partial charge in [0.05, 0.1) is 13.7 Å². The van der Waals surface area contributed by atoms with Gasteiger partial charge in [0.2, 0.25) is 5.91 Å². The molecule has 1 aliphatic heterocycles. The Balaban J connectivity index is 1.30. The number of anilines is 2. The minimum absolute atomic E-state index is 0.00390. The number of benzene rings is 3. The number of amides is 3. The Labute approximate surface area is 233 Å². The first-order valence-corrected chi connectivity index (χ1v) is 13.0. The van der Waals surface area contributed by atoms with E-state index in [1.54, 1.807) is 43.5 Å². The number of hydrogen-bond acceptors (Lipinski definition) is 6. The second-order valence-electron chi connectivity index (χ2n) is 9.33. The highest BCUT2D eigenvalue weighted by molar-refractivity contribution is 5.99. The summed E-state index contributed by atoms with van der Waals surface area (Å²) in [5.74, 6) is -0.643. The van der Waals surface area contributed by atoms with Gasteiger partial charge in [-0.2, -0.15) is 0 Å². The third kappa shape index (κ3) is 7.35. The van der Waals surface area contributed by atoms with Gasteiger partial charge in [-0.1, -0.05) is 6.07 Å². The average Bonchev–Trinajstić information content (AvgIpc) is 2.99. The van der Waals surface area contributed by atoms with Gasteiger partial charge in [-0.15, -0.1) is 0 Å². The lowest BCUT2D eigenvalue weighted by Gasteiger charge is -2.36. The van der Waals surface area contributed by atoms with Crippen LogP contribution in [0.15, 0.2) is 72.8 Å². The zero-order valence-electron chi connectivity index (χ0n) is 22.6. The van der Waals surface area contributed by atoms with E-state index < -0.39 is 11.7 Å². The van der Waals surface area contributed by atoms with Crippen LogP contribution < -0.4 is 15.0 Å². The molecule has 0 spiro atoms. The lowest BCUT2D eigenvalue weighted by Crippen LogP contribution is -2.48. The van der Waals surface area contributed by atoms with Gasteiger partial charge in [-0.05, 0) is 66.7 Å². The Kier molecular flexibility index (Phi) is 9.69. The molecule has 1 aliphatic rings. The van der Waals surface area contributed by atoms with E-state index in [0.29, 0.717) is 43.2 Å². The summed E-state index contributed by atoms with van der Waals surface area (Å²) in [6, 6.07) is 19.9. The van der Waals surface area contributed by atoms with E-state index in [1.165, 1.54) is 30.2 Å². The maximum absolute atomic E-state index is 13.6. The molecule has 0 atom stereocenters. The number of carbonyl (C=O) groups excluding carboxylic acids is 3.